The zero-order valence-corrected chi connectivity index (χ0v) is 22.7. The van der Waals surface area contributed by atoms with Crippen LogP contribution in [0.2, 0.25) is 5.02 Å². The Hall–Kier alpha value is -3.04. The molecule has 1 saturated heterocycles. The molecule has 1 atom stereocenters. The number of rotatable bonds is 3. The molecule has 0 unspecified atom stereocenters. The maximum absolute atomic E-state index is 13.3. The van der Waals surface area contributed by atoms with Crippen molar-refractivity contribution in [2.75, 3.05) is 26.3 Å². The molecule has 2 aliphatic heterocycles. The van der Waals surface area contributed by atoms with Crippen LogP contribution in [-0.4, -0.2) is 64.0 Å². The number of carbonyl (C=O) groups is 3. The molecule has 198 valence electrons. The normalized spacial score (nSPS) is 17.8. The number of esters is 1. The highest BCUT2D eigenvalue weighted by Crippen LogP contribution is 2.35. The monoisotopic (exact) mass is 528 g/mol. The van der Waals surface area contributed by atoms with E-state index in [4.69, 9.17) is 21.1 Å². The average molecular weight is 529 g/mol. The van der Waals surface area contributed by atoms with Crippen LogP contribution in [0.1, 0.15) is 71.9 Å². The van der Waals surface area contributed by atoms with E-state index in [1.165, 1.54) is 4.90 Å². The Morgan fingerprint density at radius 2 is 1.89 bits per heavy atom. The zero-order valence-electron chi connectivity index (χ0n) is 22.0. The molecular formula is C27H33ClN4O5. The number of halogens is 1. The summed E-state index contributed by atoms with van der Waals surface area (Å²) in [6.07, 6.45) is 0.0334. The van der Waals surface area contributed by atoms with Crippen LogP contribution in [0.4, 0.5) is 4.79 Å². The summed E-state index contributed by atoms with van der Waals surface area (Å²) < 4.78 is 10.9. The van der Waals surface area contributed by atoms with E-state index < -0.39 is 18.1 Å². The minimum Gasteiger partial charge on any atom is -0.377 e. The molecule has 9 nitrogen and oxygen atoms in total. The molecule has 0 aliphatic carbocycles. The fourth-order valence-corrected chi connectivity index (χ4v) is 5.07. The summed E-state index contributed by atoms with van der Waals surface area (Å²) in [6.45, 7) is 11.0. The van der Waals surface area contributed by atoms with E-state index in [2.05, 4.69) is 9.97 Å². The molecule has 4 rings (SSSR count). The Kier molecular flexibility index (Phi) is 7.85. The van der Waals surface area contributed by atoms with Crippen molar-refractivity contribution < 1.29 is 23.9 Å². The highest BCUT2D eigenvalue weighted by Gasteiger charge is 2.35. The molecule has 2 aliphatic rings. The second-order valence-electron chi connectivity index (χ2n) is 10.8. The molecule has 0 bridgehead atoms. The molecule has 37 heavy (non-hydrogen) atoms. The molecule has 1 aromatic heterocycles. The van der Waals surface area contributed by atoms with Crippen LogP contribution >= 0.6 is 11.6 Å². The van der Waals surface area contributed by atoms with E-state index in [-0.39, 0.29) is 30.9 Å². The van der Waals surface area contributed by atoms with Gasteiger partial charge in [-0.15, -0.1) is 0 Å². The van der Waals surface area contributed by atoms with Gasteiger partial charge in [0, 0.05) is 30.4 Å². The van der Waals surface area contributed by atoms with E-state index in [1.807, 2.05) is 39.8 Å². The fourth-order valence-electron chi connectivity index (χ4n) is 4.82. The molecule has 2 aromatic rings. The maximum Gasteiger partial charge on any atom is 0.418 e. The van der Waals surface area contributed by atoms with E-state index in [1.54, 1.807) is 17.9 Å². The Balaban J connectivity index is 1.61. The maximum atomic E-state index is 13.3. The number of aromatic nitrogens is 2. The largest absolute Gasteiger partial charge is 0.418 e. The molecule has 1 fully saturated rings. The van der Waals surface area contributed by atoms with Gasteiger partial charge in [0.1, 0.15) is 11.5 Å². The lowest BCUT2D eigenvalue weighted by atomic mass is 9.90. The number of fused-ring (bicyclic) bond motifs is 1. The second-order valence-corrected chi connectivity index (χ2v) is 11.2. The predicted octanol–water partition coefficient (Wildman–Crippen LogP) is 4.42. The predicted molar refractivity (Wildman–Crippen MR) is 137 cm³/mol. The van der Waals surface area contributed by atoms with Crippen LogP contribution in [0.5, 0.6) is 0 Å². The molecule has 2 amide bonds. The van der Waals surface area contributed by atoms with E-state index in [0.717, 1.165) is 22.4 Å². The number of benzene rings is 1. The number of morpholine rings is 1. The van der Waals surface area contributed by atoms with E-state index in [0.29, 0.717) is 42.7 Å². The molecule has 0 spiro atoms. The first kappa shape index (κ1) is 27.0. The van der Waals surface area contributed by atoms with Crippen LogP contribution in [0.25, 0.3) is 0 Å². The van der Waals surface area contributed by atoms with Crippen LogP contribution in [0.15, 0.2) is 18.2 Å². The van der Waals surface area contributed by atoms with Crippen LogP contribution < -0.4 is 0 Å². The number of hydrogen-bond acceptors (Lipinski definition) is 7. The molecule has 0 radical (unpaired) electrons. The summed E-state index contributed by atoms with van der Waals surface area (Å²) in [5.74, 6) is -0.199. The lowest BCUT2D eigenvalue weighted by Gasteiger charge is -2.38. The van der Waals surface area contributed by atoms with Gasteiger partial charge >= 0.3 is 12.1 Å². The number of ether oxygens (including phenoxy) is 2. The Bertz CT molecular complexity index is 1210. The first-order valence-electron chi connectivity index (χ1n) is 12.4. The third-order valence-electron chi connectivity index (χ3n) is 6.41. The third-order valence-corrected chi connectivity index (χ3v) is 6.63. The molecule has 1 aromatic carbocycles. The van der Waals surface area contributed by atoms with Gasteiger partial charge in [-0.1, -0.05) is 32.4 Å². The van der Waals surface area contributed by atoms with Gasteiger partial charge in [-0.3, -0.25) is 14.5 Å². The van der Waals surface area contributed by atoms with Crippen LogP contribution in [0.3, 0.4) is 0 Å². The van der Waals surface area contributed by atoms with Crippen molar-refractivity contribution in [3.8, 4) is 0 Å². The zero-order chi connectivity index (χ0) is 26.9. The van der Waals surface area contributed by atoms with Crippen molar-refractivity contribution >= 4 is 29.6 Å². The van der Waals surface area contributed by atoms with Crippen molar-refractivity contribution in [1.29, 1.82) is 0 Å². The molecule has 0 saturated carbocycles. The Labute approximate surface area is 222 Å². The highest BCUT2D eigenvalue weighted by molar-refractivity contribution is 6.30. The van der Waals surface area contributed by atoms with Crippen LogP contribution in [0, 0.1) is 19.3 Å². The topological polar surface area (TPSA) is 102 Å². The quantitative estimate of drug-likeness (QED) is 0.429. The molecule has 0 N–H and O–H groups in total. The van der Waals surface area contributed by atoms with Gasteiger partial charge in [0.05, 0.1) is 25.7 Å². The standard InChI is InChI=1S/C27H33ClN4O5/c1-16-10-22(30-17(2)29-16)25(34)31-7-6-18-11-19(28)12-20(21(18)14-31)23-15-36-9-8-32(23)26(35)37-24(33)13-27(3,4)5/h10-12,23H,6-9,13-15H2,1-5H3/t23-/m0/s1. The van der Waals surface area contributed by atoms with Gasteiger partial charge in [0.25, 0.3) is 5.91 Å². The third kappa shape index (κ3) is 6.45. The number of hydrogen-bond donors (Lipinski definition) is 0. The van der Waals surface area contributed by atoms with Crippen molar-refractivity contribution in [3.05, 3.63) is 57.1 Å². The average Bonchev–Trinajstić information content (AvgIpc) is 2.81. The van der Waals surface area contributed by atoms with Gasteiger partial charge in [0.2, 0.25) is 0 Å². The van der Waals surface area contributed by atoms with Gasteiger partial charge in [-0.05, 0) is 60.6 Å². The molecular weight excluding hydrogens is 496 g/mol. The minimum absolute atomic E-state index is 0.124. The van der Waals surface area contributed by atoms with Gasteiger partial charge in [0.15, 0.2) is 0 Å². The summed E-state index contributed by atoms with van der Waals surface area (Å²) in [6, 6.07) is 4.90. The van der Waals surface area contributed by atoms with Gasteiger partial charge in [-0.25, -0.2) is 14.8 Å². The minimum atomic E-state index is -0.702. The fraction of sp³-hybridized carbons (Fsp3) is 0.519. The van der Waals surface area contributed by atoms with Crippen molar-refractivity contribution in [1.82, 2.24) is 19.8 Å². The lowest BCUT2D eigenvalue weighted by molar-refractivity contribution is -0.141. The summed E-state index contributed by atoms with van der Waals surface area (Å²) in [5.41, 5.74) is 3.51. The SMILES string of the molecule is Cc1cc(C(=O)N2CCc3cc(Cl)cc([C@@H]4COCCN4C(=O)OC(=O)CC(C)(C)C)c3C2)nc(C)n1. The van der Waals surface area contributed by atoms with Gasteiger partial charge < -0.3 is 14.4 Å². The summed E-state index contributed by atoms with van der Waals surface area (Å²) >= 11 is 6.49. The van der Waals surface area contributed by atoms with Crippen LogP contribution in [-0.2, 0) is 27.2 Å². The van der Waals surface area contributed by atoms with Crippen molar-refractivity contribution in [2.24, 2.45) is 5.41 Å². The van der Waals surface area contributed by atoms with Gasteiger partial charge in [-0.2, -0.15) is 0 Å². The number of aryl methyl sites for hydroxylation is 2. The molecule has 3 heterocycles. The smallest absolute Gasteiger partial charge is 0.377 e. The van der Waals surface area contributed by atoms with E-state index >= 15 is 0 Å². The first-order chi connectivity index (χ1) is 17.4. The number of carbonyl (C=O) groups excluding carboxylic acids is 3. The Morgan fingerprint density at radius 1 is 1.14 bits per heavy atom. The second kappa shape index (κ2) is 10.8. The summed E-state index contributed by atoms with van der Waals surface area (Å²) in [7, 11) is 0. The van der Waals surface area contributed by atoms with Crippen molar-refractivity contribution in [3.63, 3.8) is 0 Å². The first-order valence-corrected chi connectivity index (χ1v) is 12.8. The molecule has 10 heteroatoms. The van der Waals surface area contributed by atoms with Crippen molar-refractivity contribution in [2.45, 2.75) is 60.0 Å². The lowest BCUT2D eigenvalue weighted by Crippen LogP contribution is -2.45. The summed E-state index contributed by atoms with van der Waals surface area (Å²) in [4.78, 5) is 50.6. The van der Waals surface area contributed by atoms with E-state index in [9.17, 15) is 14.4 Å². The summed E-state index contributed by atoms with van der Waals surface area (Å²) in [5, 5.41) is 0.540. The Morgan fingerprint density at radius 3 is 2.59 bits per heavy atom. The number of amides is 2. The highest BCUT2D eigenvalue weighted by atomic mass is 35.5. The number of nitrogens with zero attached hydrogens (tertiary/aromatic N) is 4.